The van der Waals surface area contributed by atoms with Gasteiger partial charge in [0.1, 0.15) is 28.6 Å². The van der Waals surface area contributed by atoms with E-state index in [4.69, 9.17) is 16.1 Å². The molecule has 74 heavy (non-hydrogen) atoms. The number of aromatic hydroxyl groups is 1. The topological polar surface area (TPSA) is 165 Å². The Labute approximate surface area is 430 Å². The number of amides is 4. The highest BCUT2D eigenvalue weighted by atomic mass is 19.1. The van der Waals surface area contributed by atoms with Crippen LogP contribution in [0.15, 0.2) is 48.7 Å². The number of phenolic OH excluding ortho intramolecular Hbond substituents is 1. The maximum atomic E-state index is 17.1. The number of benzene rings is 3. The zero-order valence-corrected chi connectivity index (χ0v) is 42.5. The first-order valence-corrected chi connectivity index (χ1v) is 26.7. The molecule has 3 aromatic carbocycles. The van der Waals surface area contributed by atoms with Gasteiger partial charge in [0, 0.05) is 79.5 Å². The lowest BCUT2D eigenvalue weighted by Gasteiger charge is -2.47. The summed E-state index contributed by atoms with van der Waals surface area (Å²) in [7, 11) is 0. The number of hydrogen-bond donors (Lipinski definition) is 3. The first kappa shape index (κ1) is 49.8. The normalized spacial score (nSPS) is 22.6. The number of phenols is 1. The highest BCUT2D eigenvalue weighted by Crippen LogP contribution is 2.53. The summed E-state index contributed by atoms with van der Waals surface area (Å²) in [6.45, 7) is 10.0. The number of carbonyl (C=O) groups is 3. The lowest BCUT2D eigenvalue weighted by molar-refractivity contribution is -0.120. The van der Waals surface area contributed by atoms with Crippen LogP contribution in [0.25, 0.3) is 32.9 Å². The molecule has 4 aliphatic heterocycles. The van der Waals surface area contributed by atoms with Crippen LogP contribution in [0.4, 0.5) is 25.1 Å². The fourth-order valence-corrected chi connectivity index (χ4v) is 13.0. The molecule has 2 aliphatic carbocycles. The number of imide groups is 1. The third-order valence-electron chi connectivity index (χ3n) is 17.6. The molecule has 4 amide bonds. The van der Waals surface area contributed by atoms with Crippen molar-refractivity contribution < 1.29 is 38.1 Å². The van der Waals surface area contributed by atoms with Gasteiger partial charge in [0.05, 0.1) is 23.2 Å². The quantitative estimate of drug-likeness (QED) is 0.108. The number of terminal acetylenes is 1. The molecule has 11 rings (SSSR count). The molecule has 2 aromatic heterocycles. The molecule has 0 radical (unpaired) electrons. The summed E-state index contributed by atoms with van der Waals surface area (Å²) in [4.78, 5) is 60.3. The molecule has 4 saturated heterocycles. The second kappa shape index (κ2) is 19.7. The predicted octanol–water partition coefficient (Wildman–Crippen LogP) is 9.29. The molecule has 1 spiro atoms. The Morgan fingerprint density at radius 2 is 1.69 bits per heavy atom. The molecule has 14 nitrogen and oxygen atoms in total. The number of nitrogens with one attached hydrogen (secondary N) is 1. The smallest absolute Gasteiger partial charge is 0.328 e. The van der Waals surface area contributed by atoms with Gasteiger partial charge >= 0.3 is 12.0 Å². The van der Waals surface area contributed by atoms with Gasteiger partial charge in [-0.3, -0.25) is 24.8 Å². The second-order valence-corrected chi connectivity index (χ2v) is 22.9. The van der Waals surface area contributed by atoms with E-state index in [1.165, 1.54) is 56.1 Å². The van der Waals surface area contributed by atoms with Crippen molar-refractivity contribution in [3.05, 3.63) is 77.0 Å². The van der Waals surface area contributed by atoms with Gasteiger partial charge in [-0.2, -0.15) is 9.97 Å². The van der Waals surface area contributed by atoms with E-state index in [0.29, 0.717) is 72.2 Å². The minimum atomic E-state index is -0.979. The number of aliphatic hydroxyl groups is 1. The van der Waals surface area contributed by atoms with Crippen molar-refractivity contribution in [3.63, 3.8) is 0 Å². The Hall–Kier alpha value is -6.44. The van der Waals surface area contributed by atoms with Gasteiger partial charge in [0.25, 0.3) is 5.91 Å². The van der Waals surface area contributed by atoms with Crippen molar-refractivity contribution >= 4 is 51.0 Å². The van der Waals surface area contributed by atoms with Gasteiger partial charge in [-0.1, -0.05) is 18.1 Å². The van der Waals surface area contributed by atoms with E-state index in [-0.39, 0.29) is 75.1 Å². The summed E-state index contributed by atoms with van der Waals surface area (Å²) in [5, 5.41) is 25.2. The Balaban J connectivity index is 0.696. The third kappa shape index (κ3) is 9.97. The fourth-order valence-electron chi connectivity index (χ4n) is 13.0. The van der Waals surface area contributed by atoms with Crippen LogP contribution < -0.4 is 19.9 Å². The third-order valence-corrected chi connectivity index (χ3v) is 17.6. The number of carbonyl (C=O) groups excluding carboxylic acids is 3. The molecule has 0 unspecified atom stereocenters. The van der Waals surface area contributed by atoms with Gasteiger partial charge in [0.15, 0.2) is 5.82 Å². The Bertz CT molecular complexity index is 3070. The van der Waals surface area contributed by atoms with E-state index >= 15 is 8.78 Å². The summed E-state index contributed by atoms with van der Waals surface area (Å²) in [6, 6.07) is 10.6. The number of likely N-dealkylation sites (tertiary alicyclic amines) is 2. The maximum absolute atomic E-state index is 17.1. The number of aryl methyl sites for hydroxylation is 1. The SMILES string of the molecule is C#Cc1c(F)ccc2cc(O)cc(-c3ncc4c(N5CCC[C@@](C)(O)C5)nc(OCC5(CC6CCN(CC7CCC8(CC7)CCN(C(=O)c7ccc(C)c(N9CCC(=O)NC9=O)c7)CC8)CC6)CC5)nc4c3F)c12. The molecule has 6 aliphatic rings. The molecule has 3 N–H and O–H groups in total. The number of rotatable bonds is 11. The van der Waals surface area contributed by atoms with E-state index in [9.17, 15) is 24.6 Å². The monoisotopic (exact) mass is 1010 g/mol. The molecule has 388 valence electrons. The average Bonchev–Trinajstić information content (AvgIpc) is 4.16. The maximum Gasteiger partial charge on any atom is 0.328 e. The van der Waals surface area contributed by atoms with Crippen molar-refractivity contribution in [1.29, 1.82) is 0 Å². The molecule has 6 heterocycles. The molecule has 0 bridgehead atoms. The van der Waals surface area contributed by atoms with Crippen LogP contribution in [0.3, 0.4) is 0 Å². The van der Waals surface area contributed by atoms with Crippen LogP contribution in [0.5, 0.6) is 11.8 Å². The number of urea groups is 1. The number of fused-ring (bicyclic) bond motifs is 2. The minimum Gasteiger partial charge on any atom is -0.508 e. The van der Waals surface area contributed by atoms with Gasteiger partial charge in [0.2, 0.25) is 5.91 Å². The molecule has 1 atom stereocenters. The molecule has 16 heteroatoms. The zero-order chi connectivity index (χ0) is 51.5. The average molecular weight is 1010 g/mol. The molecule has 2 saturated carbocycles. The number of ether oxygens (including phenoxy) is 1. The Morgan fingerprint density at radius 1 is 0.919 bits per heavy atom. The van der Waals surface area contributed by atoms with Crippen molar-refractivity contribution in [2.75, 3.05) is 68.8 Å². The van der Waals surface area contributed by atoms with Crippen molar-refractivity contribution in [2.24, 2.45) is 22.7 Å². The summed E-state index contributed by atoms with van der Waals surface area (Å²) in [6.07, 6.45) is 21.1. The number of halogens is 2. The standard InChI is InChI=1S/C58H66F2N8O6/c1-4-42-45(59)9-8-39-28-41(69)30-43(48(39)42)50-49(60)51-44(32-61-50)52(67-22-5-15-56(3,73)34-67)64-54(63-51)74-35-58(18-19-58)31-37-12-23-65(24-13-37)33-38-10-16-57(17-11-38)20-26-66(27-21-57)53(71)40-7-6-36(2)46(29-40)68-25-14-47(70)62-55(68)72/h1,6-9,28-30,32,37-38,69,73H,5,10-27,31,33-35H2,2-3H3,(H,62,70,72)/t56-/m1/s1. The van der Waals surface area contributed by atoms with Crippen molar-refractivity contribution in [3.8, 4) is 35.4 Å². The summed E-state index contributed by atoms with van der Waals surface area (Å²) < 4.78 is 38.6. The summed E-state index contributed by atoms with van der Waals surface area (Å²) in [5.74, 6) is 2.21. The number of piperidine rings is 3. The fraction of sp³-hybridized carbons (Fsp3) is 0.517. The highest BCUT2D eigenvalue weighted by molar-refractivity contribution is 6.07. The molecule has 6 fully saturated rings. The lowest BCUT2D eigenvalue weighted by atomic mass is 9.65. The van der Waals surface area contributed by atoms with Gasteiger partial charge in [-0.15, -0.1) is 6.42 Å². The number of β-amino-alcohol motifs (C(OH)–C–C–N with tert-alkyl or cyclic N) is 1. The van der Waals surface area contributed by atoms with E-state index in [0.717, 1.165) is 83.2 Å². The van der Waals surface area contributed by atoms with Crippen LogP contribution >= 0.6 is 0 Å². The highest BCUT2D eigenvalue weighted by Gasteiger charge is 2.46. The molecular formula is C58H66F2N8O6. The summed E-state index contributed by atoms with van der Waals surface area (Å²) >= 11 is 0. The van der Waals surface area contributed by atoms with Gasteiger partial charge < -0.3 is 29.6 Å². The van der Waals surface area contributed by atoms with Crippen LogP contribution in [-0.4, -0.2) is 117 Å². The van der Waals surface area contributed by atoms with Crippen molar-refractivity contribution in [2.45, 2.75) is 109 Å². The number of aromatic nitrogens is 3. The van der Waals surface area contributed by atoms with Crippen molar-refractivity contribution in [1.82, 2.24) is 30.1 Å². The van der Waals surface area contributed by atoms with Gasteiger partial charge in [-0.05, 0) is 169 Å². The molecule has 5 aromatic rings. The first-order valence-electron chi connectivity index (χ1n) is 26.7. The van der Waals surface area contributed by atoms with E-state index in [1.807, 2.05) is 28.9 Å². The predicted molar refractivity (Wildman–Crippen MR) is 279 cm³/mol. The summed E-state index contributed by atoms with van der Waals surface area (Å²) in [5.41, 5.74) is 1.33. The van der Waals surface area contributed by atoms with Crippen LogP contribution in [-0.2, 0) is 4.79 Å². The van der Waals surface area contributed by atoms with E-state index in [1.54, 1.807) is 17.9 Å². The first-order chi connectivity index (χ1) is 35.6. The van der Waals surface area contributed by atoms with E-state index < -0.39 is 23.3 Å². The zero-order valence-electron chi connectivity index (χ0n) is 42.5. The lowest BCUT2D eigenvalue weighted by Crippen LogP contribution is -2.50. The largest absolute Gasteiger partial charge is 0.508 e. The Morgan fingerprint density at radius 3 is 2.41 bits per heavy atom. The molecular weight excluding hydrogens is 943 g/mol. The van der Waals surface area contributed by atoms with Gasteiger partial charge in [-0.25, -0.2) is 13.6 Å². The van der Waals surface area contributed by atoms with Crippen LogP contribution in [0.2, 0.25) is 0 Å². The van der Waals surface area contributed by atoms with Crippen LogP contribution in [0, 0.1) is 53.6 Å². The van der Waals surface area contributed by atoms with E-state index in [2.05, 4.69) is 26.1 Å². The minimum absolute atomic E-state index is 0.00329. The second-order valence-electron chi connectivity index (χ2n) is 22.9. The number of nitrogens with zero attached hydrogens (tertiary/aromatic N) is 7. The Kier molecular flexibility index (Phi) is 13.2. The number of hydrogen-bond acceptors (Lipinski definition) is 11. The number of anilines is 2. The van der Waals surface area contributed by atoms with Crippen LogP contribution in [0.1, 0.15) is 118 Å². The number of pyridine rings is 1.